The SMILES string of the molecule is CC/C=C\C/C=C\C/C=C\C/C=C\C/C=C\C/C=C\CCCCC(=O)OC(COC(=O)CCCCCCCCCC)COC(=O)CCCCCCCCCCCCCCCCCCC/C=C\C/C=C\C/C=C\C/C=C\C/C=C\CC. The van der Waals surface area contributed by atoms with Crippen LogP contribution >= 0.6 is 0 Å². The minimum absolute atomic E-state index is 0.0955. The molecule has 6 nitrogen and oxygen atoms in total. The molecular formula is C74H122O6. The number of hydrogen-bond acceptors (Lipinski definition) is 6. The Morgan fingerprint density at radius 1 is 0.263 bits per heavy atom. The highest BCUT2D eigenvalue weighted by Crippen LogP contribution is 2.16. The molecule has 0 bridgehead atoms. The van der Waals surface area contributed by atoms with Crippen molar-refractivity contribution in [1.82, 2.24) is 0 Å². The average molecular weight is 1110 g/mol. The van der Waals surface area contributed by atoms with Gasteiger partial charge in [-0.2, -0.15) is 0 Å². The van der Waals surface area contributed by atoms with E-state index in [1.54, 1.807) is 0 Å². The van der Waals surface area contributed by atoms with Crippen LogP contribution in [-0.2, 0) is 28.6 Å². The maximum Gasteiger partial charge on any atom is 0.306 e. The molecule has 0 aliphatic carbocycles. The van der Waals surface area contributed by atoms with Gasteiger partial charge in [0.1, 0.15) is 13.2 Å². The van der Waals surface area contributed by atoms with E-state index in [2.05, 4.69) is 154 Å². The monoisotopic (exact) mass is 1110 g/mol. The van der Waals surface area contributed by atoms with Gasteiger partial charge in [0.05, 0.1) is 0 Å². The summed E-state index contributed by atoms with van der Waals surface area (Å²) >= 11 is 0. The molecule has 0 aliphatic rings. The van der Waals surface area contributed by atoms with Crippen LogP contribution in [0.5, 0.6) is 0 Å². The number of carbonyl (C=O) groups is 3. The van der Waals surface area contributed by atoms with Gasteiger partial charge in [0.15, 0.2) is 6.10 Å². The fourth-order valence-electron chi connectivity index (χ4n) is 9.00. The van der Waals surface area contributed by atoms with Crippen molar-refractivity contribution in [3.05, 3.63) is 134 Å². The van der Waals surface area contributed by atoms with Crippen LogP contribution in [0.15, 0.2) is 134 Å². The normalized spacial score (nSPS) is 13.0. The van der Waals surface area contributed by atoms with Crippen LogP contribution in [-0.4, -0.2) is 37.2 Å². The Morgan fingerprint density at radius 2 is 0.487 bits per heavy atom. The van der Waals surface area contributed by atoms with Gasteiger partial charge in [-0.05, 0) is 116 Å². The molecule has 0 aromatic carbocycles. The zero-order valence-corrected chi connectivity index (χ0v) is 52.0. The summed E-state index contributed by atoms with van der Waals surface area (Å²) in [7, 11) is 0. The predicted octanol–water partition coefficient (Wildman–Crippen LogP) is 22.9. The molecule has 0 fully saturated rings. The van der Waals surface area contributed by atoms with Gasteiger partial charge >= 0.3 is 17.9 Å². The molecule has 454 valence electrons. The van der Waals surface area contributed by atoms with Crippen molar-refractivity contribution in [1.29, 1.82) is 0 Å². The molecule has 0 aromatic heterocycles. The summed E-state index contributed by atoms with van der Waals surface area (Å²) in [5, 5.41) is 0. The summed E-state index contributed by atoms with van der Waals surface area (Å²) in [5.41, 5.74) is 0. The number of rotatable bonds is 59. The highest BCUT2D eigenvalue weighted by atomic mass is 16.6. The lowest BCUT2D eigenvalue weighted by Gasteiger charge is -2.18. The van der Waals surface area contributed by atoms with Crippen molar-refractivity contribution >= 4 is 17.9 Å². The van der Waals surface area contributed by atoms with Gasteiger partial charge in [0, 0.05) is 19.3 Å². The zero-order chi connectivity index (χ0) is 57.8. The summed E-state index contributed by atoms with van der Waals surface area (Å²) < 4.78 is 16.8. The summed E-state index contributed by atoms with van der Waals surface area (Å²) in [4.78, 5) is 38.1. The second-order valence-corrected chi connectivity index (χ2v) is 21.6. The molecule has 0 aliphatic heterocycles. The quantitative estimate of drug-likeness (QED) is 0.0261. The van der Waals surface area contributed by atoms with Crippen molar-refractivity contribution in [2.24, 2.45) is 0 Å². The van der Waals surface area contributed by atoms with E-state index < -0.39 is 6.10 Å². The fraction of sp³-hybridized carbons (Fsp3) is 0.662. The first-order valence-corrected chi connectivity index (χ1v) is 33.2. The molecule has 0 saturated carbocycles. The van der Waals surface area contributed by atoms with E-state index in [1.165, 1.54) is 128 Å². The van der Waals surface area contributed by atoms with Crippen molar-refractivity contribution < 1.29 is 28.6 Å². The number of carbonyl (C=O) groups excluding carboxylic acids is 3. The maximum atomic E-state index is 12.9. The summed E-state index contributed by atoms with van der Waals surface area (Å²) in [6, 6.07) is 0. The van der Waals surface area contributed by atoms with E-state index in [-0.39, 0.29) is 37.5 Å². The van der Waals surface area contributed by atoms with E-state index in [4.69, 9.17) is 14.2 Å². The average Bonchev–Trinajstić information content (AvgIpc) is 3.46. The molecule has 0 N–H and O–H groups in total. The minimum Gasteiger partial charge on any atom is -0.462 e. The van der Waals surface area contributed by atoms with Crippen LogP contribution < -0.4 is 0 Å². The van der Waals surface area contributed by atoms with Gasteiger partial charge in [-0.1, -0.05) is 296 Å². The van der Waals surface area contributed by atoms with Crippen molar-refractivity contribution in [3.8, 4) is 0 Å². The Kier molecular flexibility index (Phi) is 63.3. The number of allylic oxidation sites excluding steroid dienone is 22. The summed E-state index contributed by atoms with van der Waals surface area (Å²) in [6.07, 6.45) is 94.9. The highest BCUT2D eigenvalue weighted by Gasteiger charge is 2.19. The van der Waals surface area contributed by atoms with Crippen LogP contribution in [0.3, 0.4) is 0 Å². The molecule has 0 spiro atoms. The number of ether oxygens (including phenoxy) is 3. The third-order valence-corrected chi connectivity index (χ3v) is 13.9. The fourth-order valence-corrected chi connectivity index (χ4v) is 9.00. The largest absolute Gasteiger partial charge is 0.462 e. The summed E-state index contributed by atoms with van der Waals surface area (Å²) in [5.74, 6) is -0.939. The molecule has 0 heterocycles. The van der Waals surface area contributed by atoms with Crippen LogP contribution in [0.25, 0.3) is 0 Å². The van der Waals surface area contributed by atoms with E-state index in [0.29, 0.717) is 19.3 Å². The van der Waals surface area contributed by atoms with Crippen molar-refractivity contribution in [2.45, 2.75) is 303 Å². The van der Waals surface area contributed by atoms with E-state index >= 15 is 0 Å². The first kappa shape index (κ1) is 75.5. The van der Waals surface area contributed by atoms with Crippen molar-refractivity contribution in [3.63, 3.8) is 0 Å². The maximum absolute atomic E-state index is 12.9. The first-order valence-electron chi connectivity index (χ1n) is 33.2. The van der Waals surface area contributed by atoms with Gasteiger partial charge in [0.2, 0.25) is 0 Å². The lowest BCUT2D eigenvalue weighted by molar-refractivity contribution is -0.167. The molecule has 0 saturated heterocycles. The molecule has 0 aromatic rings. The van der Waals surface area contributed by atoms with Gasteiger partial charge in [0.25, 0.3) is 0 Å². The van der Waals surface area contributed by atoms with Crippen molar-refractivity contribution in [2.75, 3.05) is 13.2 Å². The van der Waals surface area contributed by atoms with Crippen LogP contribution in [0.2, 0.25) is 0 Å². The number of esters is 3. The third kappa shape index (κ3) is 64.4. The molecular weight excluding hydrogens is 985 g/mol. The molecule has 0 amide bonds. The smallest absolute Gasteiger partial charge is 0.306 e. The Bertz CT molecular complexity index is 1700. The van der Waals surface area contributed by atoms with E-state index in [9.17, 15) is 14.4 Å². The van der Waals surface area contributed by atoms with Gasteiger partial charge in [-0.3, -0.25) is 14.4 Å². The molecule has 0 rings (SSSR count). The molecule has 0 radical (unpaired) electrons. The standard InChI is InChI=1S/C74H122O6/c1-4-7-10-13-16-19-21-23-25-27-29-31-32-33-34-35-36-37-38-39-40-41-42-44-45-47-49-51-53-55-58-61-64-67-73(76)79-70-71(69-78-72(75)66-63-60-57-18-15-12-9-6-3)80-74(77)68-65-62-59-56-54-52-50-48-46-43-30-28-26-24-22-20-17-14-11-8-5-2/h7-8,10-11,16-17,19-20,23-26,29-31,33-34,43,48,50,54,56,71H,4-6,9,12-15,18,21-22,27-28,32,35-42,44-47,49,51-53,55,57-70H2,1-3H3/b10-7-,11-8-,19-16-,20-17-,25-23-,26-24-,31-29-,34-33-,43-30-,50-48-,56-54-. The Morgan fingerprint density at radius 3 is 0.787 bits per heavy atom. The number of hydrogen-bond donors (Lipinski definition) is 0. The Balaban J connectivity index is 4.16. The second kappa shape index (κ2) is 67.1. The third-order valence-electron chi connectivity index (χ3n) is 13.9. The molecule has 6 heteroatoms. The summed E-state index contributed by atoms with van der Waals surface area (Å²) in [6.45, 7) is 6.36. The first-order chi connectivity index (χ1) is 39.5. The topological polar surface area (TPSA) is 78.9 Å². The van der Waals surface area contributed by atoms with Crippen LogP contribution in [0, 0.1) is 0 Å². The lowest BCUT2D eigenvalue weighted by Crippen LogP contribution is -2.30. The highest BCUT2D eigenvalue weighted by molar-refractivity contribution is 5.71. The lowest BCUT2D eigenvalue weighted by atomic mass is 10.0. The second-order valence-electron chi connectivity index (χ2n) is 21.6. The van der Waals surface area contributed by atoms with Gasteiger partial charge in [-0.15, -0.1) is 0 Å². The Hall–Kier alpha value is -4.45. The van der Waals surface area contributed by atoms with E-state index in [1.807, 2.05) is 0 Å². The van der Waals surface area contributed by atoms with Gasteiger partial charge in [-0.25, -0.2) is 0 Å². The van der Waals surface area contributed by atoms with Crippen LogP contribution in [0.4, 0.5) is 0 Å². The molecule has 1 atom stereocenters. The molecule has 1 unspecified atom stereocenters. The number of unbranched alkanes of at least 4 members (excludes halogenated alkanes) is 26. The van der Waals surface area contributed by atoms with Crippen LogP contribution in [0.1, 0.15) is 297 Å². The predicted molar refractivity (Wildman–Crippen MR) is 348 cm³/mol. The Labute approximate surface area is 494 Å². The van der Waals surface area contributed by atoms with Gasteiger partial charge < -0.3 is 14.2 Å². The van der Waals surface area contributed by atoms with E-state index in [0.717, 1.165) is 122 Å². The minimum atomic E-state index is -0.802. The molecule has 80 heavy (non-hydrogen) atoms. The zero-order valence-electron chi connectivity index (χ0n) is 52.0.